The van der Waals surface area contributed by atoms with Crippen molar-refractivity contribution in [2.24, 2.45) is 5.73 Å². The molecule has 0 radical (unpaired) electrons. The number of amides is 1. The van der Waals surface area contributed by atoms with E-state index in [4.69, 9.17) is 21.0 Å². The maximum absolute atomic E-state index is 12.1. The second kappa shape index (κ2) is 5.79. The van der Waals surface area contributed by atoms with Crippen molar-refractivity contribution >= 4 is 17.8 Å². The van der Waals surface area contributed by atoms with Crippen molar-refractivity contribution in [3.63, 3.8) is 0 Å². The lowest BCUT2D eigenvalue weighted by atomic mass is 10.0. The first-order valence-corrected chi connectivity index (χ1v) is 5.69. The van der Waals surface area contributed by atoms with Gasteiger partial charge in [-0.25, -0.2) is 14.9 Å². The van der Waals surface area contributed by atoms with Gasteiger partial charge in [-0.2, -0.15) is 0 Å². The molecule has 1 heterocycles. The molecule has 0 saturated carbocycles. The normalized spacial score (nSPS) is 23.9. The number of nitrogens with zero attached hydrogens (tertiary/aromatic N) is 2. The monoisotopic (exact) mass is 289 g/mol. The molecule has 2 atom stereocenters. The van der Waals surface area contributed by atoms with E-state index in [-0.39, 0.29) is 19.4 Å². The zero-order valence-electron chi connectivity index (χ0n) is 10.7. The molecule has 5 N–H and O–H groups in total. The Balaban J connectivity index is 2.85. The SMILES string of the molecule is CC(O)C(=O)OC1(N)CCCN(C(=N)N[N+](=O)[O-])C1=O. The van der Waals surface area contributed by atoms with E-state index in [9.17, 15) is 19.7 Å². The van der Waals surface area contributed by atoms with Crippen LogP contribution in [0.4, 0.5) is 0 Å². The number of piperidine rings is 1. The highest BCUT2D eigenvalue weighted by Gasteiger charge is 2.46. The van der Waals surface area contributed by atoms with Gasteiger partial charge in [0.05, 0.1) is 0 Å². The van der Waals surface area contributed by atoms with Crippen LogP contribution in [0.5, 0.6) is 0 Å². The fourth-order valence-corrected chi connectivity index (χ4v) is 1.66. The number of likely N-dealkylation sites (tertiary alicyclic amines) is 1. The zero-order chi connectivity index (χ0) is 15.5. The fourth-order valence-electron chi connectivity index (χ4n) is 1.66. The van der Waals surface area contributed by atoms with Gasteiger partial charge in [0, 0.05) is 13.0 Å². The second-order valence-corrected chi connectivity index (χ2v) is 4.26. The van der Waals surface area contributed by atoms with Crippen LogP contribution >= 0.6 is 0 Å². The van der Waals surface area contributed by atoms with Crippen LogP contribution in [-0.2, 0) is 14.3 Å². The molecule has 1 fully saturated rings. The van der Waals surface area contributed by atoms with Gasteiger partial charge in [-0.05, 0) is 13.3 Å². The molecule has 0 aromatic heterocycles. The molecule has 11 nitrogen and oxygen atoms in total. The molecule has 11 heteroatoms. The van der Waals surface area contributed by atoms with Gasteiger partial charge in [0.25, 0.3) is 11.9 Å². The molecule has 1 saturated heterocycles. The average Bonchev–Trinajstić information content (AvgIpc) is 2.31. The Morgan fingerprint density at radius 2 is 2.35 bits per heavy atom. The van der Waals surface area contributed by atoms with Gasteiger partial charge >= 0.3 is 5.97 Å². The Hall–Kier alpha value is -2.27. The molecule has 0 aromatic rings. The van der Waals surface area contributed by atoms with Crippen LogP contribution in [0.1, 0.15) is 19.8 Å². The van der Waals surface area contributed by atoms with Gasteiger partial charge in [0.15, 0.2) is 5.03 Å². The Bertz CT molecular complexity index is 452. The molecule has 1 amide bonds. The number of aliphatic hydroxyl groups excluding tert-OH is 1. The summed E-state index contributed by atoms with van der Waals surface area (Å²) < 4.78 is 4.74. The van der Waals surface area contributed by atoms with Crippen molar-refractivity contribution in [2.75, 3.05) is 6.54 Å². The van der Waals surface area contributed by atoms with Crippen molar-refractivity contribution in [1.29, 1.82) is 5.41 Å². The number of carbonyl (C=O) groups is 2. The van der Waals surface area contributed by atoms with Crippen LogP contribution in [0.2, 0.25) is 0 Å². The minimum absolute atomic E-state index is 0.00740. The van der Waals surface area contributed by atoms with Gasteiger partial charge in [0.2, 0.25) is 5.72 Å². The third-order valence-electron chi connectivity index (χ3n) is 2.63. The highest BCUT2D eigenvalue weighted by atomic mass is 16.7. The molecule has 2 unspecified atom stereocenters. The average molecular weight is 289 g/mol. The number of hydrogen-bond donors (Lipinski definition) is 4. The number of nitro groups is 1. The third kappa shape index (κ3) is 3.39. The summed E-state index contributed by atoms with van der Waals surface area (Å²) in [6.07, 6.45) is -1.20. The number of hydrogen-bond acceptors (Lipinski definition) is 8. The molecular weight excluding hydrogens is 274 g/mol. The Morgan fingerprint density at radius 1 is 1.75 bits per heavy atom. The Morgan fingerprint density at radius 3 is 2.85 bits per heavy atom. The number of ether oxygens (including phenoxy) is 1. The van der Waals surface area contributed by atoms with Crippen LogP contribution in [0.3, 0.4) is 0 Å². The van der Waals surface area contributed by atoms with Gasteiger partial charge in [-0.1, -0.05) is 5.43 Å². The highest BCUT2D eigenvalue weighted by Crippen LogP contribution is 2.22. The molecule has 20 heavy (non-hydrogen) atoms. The molecule has 0 bridgehead atoms. The van der Waals surface area contributed by atoms with Crippen molar-refractivity contribution in [3.05, 3.63) is 10.1 Å². The Kier molecular flexibility index (Phi) is 4.57. The minimum atomic E-state index is -2.04. The predicted molar refractivity (Wildman–Crippen MR) is 63.5 cm³/mol. The predicted octanol–water partition coefficient (Wildman–Crippen LogP) is -2.10. The number of guanidine groups is 1. The lowest BCUT2D eigenvalue weighted by Gasteiger charge is -2.37. The zero-order valence-corrected chi connectivity index (χ0v) is 10.7. The summed E-state index contributed by atoms with van der Waals surface area (Å²) in [5.41, 5.74) is 5.14. The summed E-state index contributed by atoms with van der Waals surface area (Å²) in [4.78, 5) is 34.3. The number of nitrogens with one attached hydrogen (secondary N) is 2. The molecule has 1 aliphatic rings. The maximum atomic E-state index is 12.1. The summed E-state index contributed by atoms with van der Waals surface area (Å²) in [7, 11) is 0. The quantitative estimate of drug-likeness (QED) is 0.114. The van der Waals surface area contributed by atoms with E-state index in [0.717, 1.165) is 6.92 Å². The van der Waals surface area contributed by atoms with Crippen molar-refractivity contribution < 1.29 is 24.5 Å². The van der Waals surface area contributed by atoms with Crippen LogP contribution in [0.25, 0.3) is 0 Å². The third-order valence-corrected chi connectivity index (χ3v) is 2.63. The first-order chi connectivity index (χ1) is 9.17. The molecular formula is C9H15N5O6. The van der Waals surface area contributed by atoms with Crippen molar-refractivity contribution in [2.45, 2.75) is 31.6 Å². The topological polar surface area (TPSA) is 172 Å². The van der Waals surface area contributed by atoms with Gasteiger partial charge in [-0.15, -0.1) is 0 Å². The van der Waals surface area contributed by atoms with E-state index >= 15 is 0 Å². The van der Waals surface area contributed by atoms with Crippen molar-refractivity contribution in [1.82, 2.24) is 10.3 Å². The van der Waals surface area contributed by atoms with Gasteiger partial charge < -0.3 is 9.84 Å². The van der Waals surface area contributed by atoms with Crippen LogP contribution < -0.4 is 11.2 Å². The fraction of sp³-hybridized carbons (Fsp3) is 0.667. The molecule has 0 aliphatic carbocycles. The summed E-state index contributed by atoms with van der Waals surface area (Å²) in [6.45, 7) is 1.18. The number of nitrogens with two attached hydrogens (primary N) is 1. The van der Waals surface area contributed by atoms with Crippen LogP contribution in [0, 0.1) is 15.5 Å². The van der Waals surface area contributed by atoms with Gasteiger partial charge in [0.1, 0.15) is 6.10 Å². The number of esters is 1. The number of hydrazine groups is 1. The first kappa shape index (κ1) is 15.8. The van der Waals surface area contributed by atoms with Crippen LogP contribution in [-0.4, -0.2) is 51.2 Å². The number of aliphatic hydroxyl groups is 1. The number of carbonyl (C=O) groups excluding carboxylic acids is 2. The maximum Gasteiger partial charge on any atom is 0.336 e. The molecule has 112 valence electrons. The lowest BCUT2D eigenvalue weighted by Crippen LogP contribution is -2.64. The lowest BCUT2D eigenvalue weighted by molar-refractivity contribution is -0.526. The standard InChI is InChI=1S/C9H15N5O6/c1-5(15)6(16)20-9(11)3-2-4-13(7(9)17)8(10)12-14(18)19/h5,15H,2-4,11H2,1H3,(H2,10,12). The summed E-state index contributed by atoms with van der Waals surface area (Å²) in [5.74, 6) is -2.82. The minimum Gasteiger partial charge on any atom is -0.433 e. The molecule has 0 aromatic carbocycles. The van der Waals surface area contributed by atoms with Crippen LogP contribution in [0.15, 0.2) is 0 Å². The van der Waals surface area contributed by atoms with Crippen molar-refractivity contribution in [3.8, 4) is 0 Å². The van der Waals surface area contributed by atoms with E-state index in [1.165, 1.54) is 5.43 Å². The largest absolute Gasteiger partial charge is 0.433 e. The van der Waals surface area contributed by atoms with E-state index < -0.39 is 34.7 Å². The molecule has 1 aliphatic heterocycles. The summed E-state index contributed by atoms with van der Waals surface area (Å²) >= 11 is 0. The van der Waals surface area contributed by atoms with E-state index in [1.54, 1.807) is 0 Å². The number of rotatable bonds is 3. The smallest absolute Gasteiger partial charge is 0.336 e. The van der Waals surface area contributed by atoms with Gasteiger partial charge in [-0.3, -0.25) is 20.8 Å². The van der Waals surface area contributed by atoms with E-state index in [1.807, 2.05) is 0 Å². The molecule has 0 spiro atoms. The van der Waals surface area contributed by atoms with E-state index in [2.05, 4.69) is 0 Å². The highest BCUT2D eigenvalue weighted by molar-refractivity contribution is 6.00. The molecule has 1 rings (SSSR count). The Labute approximate surface area is 113 Å². The first-order valence-electron chi connectivity index (χ1n) is 5.69. The second-order valence-electron chi connectivity index (χ2n) is 4.26. The van der Waals surface area contributed by atoms with E-state index in [0.29, 0.717) is 4.90 Å². The summed E-state index contributed by atoms with van der Waals surface area (Å²) in [6, 6.07) is 0. The summed E-state index contributed by atoms with van der Waals surface area (Å²) in [5, 5.41) is 25.7.